The van der Waals surface area contributed by atoms with E-state index in [9.17, 15) is 9.18 Å². The third-order valence-corrected chi connectivity index (χ3v) is 7.08. The van der Waals surface area contributed by atoms with Crippen LogP contribution in [0.4, 0.5) is 4.39 Å². The van der Waals surface area contributed by atoms with Crippen LogP contribution in [0, 0.1) is 11.7 Å². The van der Waals surface area contributed by atoms with Gasteiger partial charge in [0.1, 0.15) is 24.8 Å². The lowest BCUT2D eigenvalue weighted by molar-refractivity contribution is -0.190. The molecule has 4 aliphatic rings. The van der Waals surface area contributed by atoms with Crippen molar-refractivity contribution in [1.82, 2.24) is 0 Å². The third kappa shape index (κ3) is 5.44. The summed E-state index contributed by atoms with van der Waals surface area (Å²) in [5.74, 6) is -0.826. The van der Waals surface area contributed by atoms with Crippen molar-refractivity contribution >= 4 is 17.8 Å². The normalized spacial score (nSPS) is 24.8. The minimum absolute atomic E-state index is 0.203. The first-order valence-corrected chi connectivity index (χ1v) is 12.9. The van der Waals surface area contributed by atoms with Gasteiger partial charge in [-0.05, 0) is 84.4 Å². The molecule has 0 saturated carbocycles. The Morgan fingerprint density at radius 3 is 2.77 bits per heavy atom. The molecule has 2 aromatic rings. The molecule has 0 amide bonds. The summed E-state index contributed by atoms with van der Waals surface area (Å²) < 4.78 is 36.0. The maximum absolute atomic E-state index is 13.6. The average molecular weight is 530 g/mol. The molecule has 1 unspecified atom stereocenters. The number of carbonyl (C=O) groups excluding carboxylic acids is 1. The molecule has 0 spiro atoms. The monoisotopic (exact) mass is 529 g/mol. The molecule has 2 atom stereocenters. The molecular formula is C31H28FNO6. The van der Waals surface area contributed by atoms with E-state index >= 15 is 0 Å². The number of cyclic esters (lactones) is 1. The summed E-state index contributed by atoms with van der Waals surface area (Å²) >= 11 is 0. The van der Waals surface area contributed by atoms with Crippen molar-refractivity contribution in [1.29, 1.82) is 0 Å². The van der Waals surface area contributed by atoms with Gasteiger partial charge in [0, 0.05) is 0 Å². The number of hydrogen-bond acceptors (Lipinski definition) is 7. The number of ether oxygens (including phenoxy) is 4. The van der Waals surface area contributed by atoms with Crippen LogP contribution in [0.15, 0.2) is 94.4 Å². The van der Waals surface area contributed by atoms with Gasteiger partial charge in [-0.3, -0.25) is 4.79 Å². The first kappa shape index (κ1) is 25.3. The summed E-state index contributed by atoms with van der Waals surface area (Å²) in [6.07, 6.45) is 8.09. The quantitative estimate of drug-likeness (QED) is 0.203. The molecular weight excluding hydrogens is 501 g/mol. The highest BCUT2D eigenvalue weighted by atomic mass is 19.1. The van der Waals surface area contributed by atoms with E-state index in [0.29, 0.717) is 25.2 Å². The number of allylic oxidation sites excluding steroid dienone is 6. The average Bonchev–Trinajstić information content (AvgIpc) is 3.47. The molecule has 2 aliphatic carbocycles. The fourth-order valence-electron chi connectivity index (χ4n) is 5.23. The Balaban J connectivity index is 1.15. The van der Waals surface area contributed by atoms with E-state index in [4.69, 9.17) is 23.8 Å². The maximum Gasteiger partial charge on any atom is 0.313 e. The van der Waals surface area contributed by atoms with Crippen LogP contribution in [0.2, 0.25) is 0 Å². The largest absolute Gasteiger partial charge is 0.465 e. The van der Waals surface area contributed by atoms with Gasteiger partial charge in [0.2, 0.25) is 0 Å². The van der Waals surface area contributed by atoms with Crippen LogP contribution < -0.4 is 4.74 Å². The van der Waals surface area contributed by atoms with Crippen molar-refractivity contribution in [3.05, 3.63) is 106 Å². The lowest BCUT2D eigenvalue weighted by atomic mass is 9.74. The van der Waals surface area contributed by atoms with Crippen molar-refractivity contribution in [3.63, 3.8) is 0 Å². The smallest absolute Gasteiger partial charge is 0.313 e. The van der Waals surface area contributed by atoms with Crippen molar-refractivity contribution in [2.45, 2.75) is 38.8 Å². The minimum Gasteiger partial charge on any atom is -0.465 e. The standard InChI is InChI=1S/C31H28FNO6/c1-31(2)37-18-28(38-31)39-33-15-19-4-3-5-24(13-19)35-16-20-6-11-25-22(12-20)14-26-27(17-36-30(26)34)29(25)21-7-9-23(32)10-8-21/h3-11,13,15-16,26,28H,12,14,17-18H2,1-2H3/b20-16+,33-15?/t26?,28-/m0/s1. The molecule has 2 aliphatic heterocycles. The molecule has 7 nitrogen and oxygen atoms in total. The van der Waals surface area contributed by atoms with Gasteiger partial charge in [0.05, 0.1) is 18.4 Å². The van der Waals surface area contributed by atoms with Crippen molar-refractivity contribution in [2.75, 3.05) is 13.2 Å². The molecule has 0 radical (unpaired) electrons. The molecule has 6 rings (SSSR count). The molecule has 200 valence electrons. The third-order valence-electron chi connectivity index (χ3n) is 7.08. The number of esters is 1. The maximum atomic E-state index is 13.6. The minimum atomic E-state index is -0.676. The van der Waals surface area contributed by atoms with E-state index in [1.807, 2.05) is 44.2 Å². The topological polar surface area (TPSA) is 75.6 Å². The highest BCUT2D eigenvalue weighted by Crippen LogP contribution is 2.47. The second-order valence-electron chi connectivity index (χ2n) is 10.3. The number of nitrogens with zero attached hydrogens (tertiary/aromatic N) is 1. The van der Waals surface area contributed by atoms with Crippen LogP contribution in [0.1, 0.15) is 37.8 Å². The number of hydrogen-bond donors (Lipinski definition) is 0. The first-order valence-electron chi connectivity index (χ1n) is 12.9. The van der Waals surface area contributed by atoms with Crippen LogP contribution in [-0.4, -0.2) is 37.5 Å². The molecule has 2 saturated heterocycles. The predicted molar refractivity (Wildman–Crippen MR) is 142 cm³/mol. The van der Waals surface area contributed by atoms with Gasteiger partial charge in [0.25, 0.3) is 6.29 Å². The number of fused-ring (bicyclic) bond motifs is 1. The van der Waals surface area contributed by atoms with Gasteiger partial charge in [-0.2, -0.15) is 0 Å². The summed E-state index contributed by atoms with van der Waals surface area (Å²) in [5, 5.41) is 4.01. The molecule has 0 N–H and O–H groups in total. The molecule has 8 heteroatoms. The number of rotatable bonds is 6. The number of halogens is 1. The lowest BCUT2D eigenvalue weighted by Gasteiger charge is -2.28. The summed E-state index contributed by atoms with van der Waals surface area (Å²) in [6, 6.07) is 13.9. The van der Waals surface area contributed by atoms with Gasteiger partial charge in [-0.1, -0.05) is 47.1 Å². The molecule has 0 bridgehead atoms. The Morgan fingerprint density at radius 2 is 1.97 bits per heavy atom. The van der Waals surface area contributed by atoms with E-state index in [1.54, 1.807) is 24.6 Å². The van der Waals surface area contributed by atoms with Crippen LogP contribution in [0.25, 0.3) is 5.57 Å². The summed E-state index contributed by atoms with van der Waals surface area (Å²) in [5.41, 5.74) is 6.81. The van der Waals surface area contributed by atoms with Gasteiger partial charge in [-0.15, -0.1) is 0 Å². The van der Waals surface area contributed by atoms with Crippen LogP contribution in [0.5, 0.6) is 5.75 Å². The zero-order valence-electron chi connectivity index (χ0n) is 21.7. The van der Waals surface area contributed by atoms with Gasteiger partial charge >= 0.3 is 5.97 Å². The van der Waals surface area contributed by atoms with E-state index in [-0.39, 0.29) is 24.3 Å². The summed E-state index contributed by atoms with van der Waals surface area (Å²) in [6.45, 7) is 4.24. The first-order chi connectivity index (χ1) is 18.8. The number of carbonyl (C=O) groups is 1. The highest BCUT2D eigenvalue weighted by Gasteiger charge is 2.40. The van der Waals surface area contributed by atoms with Crippen molar-refractivity contribution in [3.8, 4) is 5.75 Å². The fraction of sp³-hybridized carbons (Fsp3) is 0.290. The fourth-order valence-corrected chi connectivity index (χ4v) is 5.23. The van der Waals surface area contributed by atoms with E-state index in [2.05, 4.69) is 11.2 Å². The predicted octanol–water partition coefficient (Wildman–Crippen LogP) is 5.83. The Bertz CT molecular complexity index is 1450. The molecule has 2 aromatic carbocycles. The molecule has 39 heavy (non-hydrogen) atoms. The van der Waals surface area contributed by atoms with E-state index in [0.717, 1.165) is 39.0 Å². The molecule has 2 heterocycles. The van der Waals surface area contributed by atoms with Gasteiger partial charge < -0.3 is 23.8 Å². The number of oxime groups is 1. The highest BCUT2D eigenvalue weighted by molar-refractivity contribution is 5.94. The van der Waals surface area contributed by atoms with Crippen LogP contribution >= 0.6 is 0 Å². The second kappa shape index (κ2) is 10.3. The molecule has 0 aromatic heterocycles. The van der Waals surface area contributed by atoms with E-state index in [1.165, 1.54) is 12.1 Å². The second-order valence-corrected chi connectivity index (χ2v) is 10.3. The molecule has 2 fully saturated rings. The lowest BCUT2D eigenvalue weighted by Crippen LogP contribution is -2.21. The van der Waals surface area contributed by atoms with Gasteiger partial charge in [0.15, 0.2) is 5.79 Å². The van der Waals surface area contributed by atoms with Crippen LogP contribution in [-0.2, 0) is 23.8 Å². The summed E-state index contributed by atoms with van der Waals surface area (Å²) in [7, 11) is 0. The SMILES string of the molecule is CC1(C)OC[C@H](ON=Cc2cccc(O/C=C3\C=CC4=C(C3)CC3C(=O)OCC3=C4c3ccc(F)cc3)c2)O1. The zero-order chi connectivity index (χ0) is 27.0. The van der Waals surface area contributed by atoms with Crippen molar-refractivity contribution in [2.24, 2.45) is 11.1 Å². The Kier molecular flexibility index (Phi) is 6.66. The number of benzene rings is 2. The summed E-state index contributed by atoms with van der Waals surface area (Å²) in [4.78, 5) is 17.9. The Morgan fingerprint density at radius 1 is 1.13 bits per heavy atom. The zero-order valence-corrected chi connectivity index (χ0v) is 21.7. The van der Waals surface area contributed by atoms with E-state index < -0.39 is 12.1 Å². The van der Waals surface area contributed by atoms with Gasteiger partial charge in [-0.25, -0.2) is 4.39 Å². The Labute approximate surface area is 225 Å². The van der Waals surface area contributed by atoms with Crippen LogP contribution in [0.3, 0.4) is 0 Å². The Hall–Kier alpha value is -4.01. The van der Waals surface area contributed by atoms with Crippen molar-refractivity contribution < 1.29 is 33.0 Å².